The van der Waals surface area contributed by atoms with E-state index in [2.05, 4.69) is 9.80 Å². The number of fused-ring (bicyclic) bond motifs is 1. The summed E-state index contributed by atoms with van der Waals surface area (Å²) in [6.07, 6.45) is 0. The number of halogens is 1. The monoisotopic (exact) mass is 370 g/mol. The molecule has 6 heteroatoms. The maximum atomic E-state index is 13.2. The Balaban J connectivity index is 2.17. The highest BCUT2D eigenvalue weighted by Crippen LogP contribution is 2.25. The molecule has 0 unspecified atom stereocenters. The second kappa shape index (κ2) is 7.48. The maximum absolute atomic E-state index is 13.2. The quantitative estimate of drug-likeness (QED) is 0.690. The van der Waals surface area contributed by atoms with Crippen LogP contribution in [-0.2, 0) is 0 Å². The molecule has 1 aromatic heterocycles. The molecule has 0 atom stereocenters. The lowest BCUT2D eigenvalue weighted by Crippen LogP contribution is -2.29. The Bertz CT molecular complexity index is 997. The van der Waals surface area contributed by atoms with Crippen LogP contribution >= 0.6 is 11.6 Å². The molecule has 1 heterocycles. The Hall–Kier alpha value is -2.37. The molecule has 3 rings (SSSR count). The highest BCUT2D eigenvalue weighted by molar-refractivity contribution is 6.32. The summed E-state index contributed by atoms with van der Waals surface area (Å²) >= 11 is 6.31. The highest BCUT2D eigenvalue weighted by atomic mass is 35.5. The number of aromatic nitrogens is 2. The van der Waals surface area contributed by atoms with Crippen molar-refractivity contribution < 1.29 is 0 Å². The molecule has 0 saturated heterocycles. The van der Waals surface area contributed by atoms with Gasteiger partial charge in [0, 0.05) is 20.1 Å². The number of rotatable bonds is 5. The van der Waals surface area contributed by atoms with Crippen molar-refractivity contribution in [3.05, 3.63) is 63.7 Å². The number of anilines is 1. The van der Waals surface area contributed by atoms with Gasteiger partial charge in [0.1, 0.15) is 11.3 Å². The molecule has 26 heavy (non-hydrogen) atoms. The van der Waals surface area contributed by atoms with Gasteiger partial charge in [0.2, 0.25) is 0 Å². The van der Waals surface area contributed by atoms with Gasteiger partial charge in [0.25, 0.3) is 5.56 Å². The van der Waals surface area contributed by atoms with Crippen LogP contribution in [0.2, 0.25) is 5.02 Å². The average Bonchev–Trinajstić information content (AvgIpc) is 2.61. The van der Waals surface area contributed by atoms with Crippen LogP contribution in [-0.4, -0.2) is 48.7 Å². The number of likely N-dealkylation sites (N-methyl/N-ethyl adjacent to an activating group) is 2. The van der Waals surface area contributed by atoms with E-state index in [1.807, 2.05) is 64.5 Å². The number of para-hydroxylation sites is 2. The summed E-state index contributed by atoms with van der Waals surface area (Å²) in [6, 6.07) is 13.0. The number of hydrogen-bond donors (Lipinski definition) is 0. The van der Waals surface area contributed by atoms with Gasteiger partial charge in [-0.25, -0.2) is 4.98 Å². The zero-order chi connectivity index (χ0) is 18.8. The minimum absolute atomic E-state index is 0.108. The summed E-state index contributed by atoms with van der Waals surface area (Å²) in [6.45, 7) is 3.60. The SMILES string of the molecule is Cc1nc2c(N(C)CCN(C)C)cccc2c(=O)n1-c1ccccc1Cl. The Morgan fingerprint density at radius 3 is 2.46 bits per heavy atom. The fraction of sp³-hybridized carbons (Fsp3) is 0.300. The van der Waals surface area contributed by atoms with Crippen molar-refractivity contribution in [3.63, 3.8) is 0 Å². The van der Waals surface area contributed by atoms with E-state index in [0.717, 1.165) is 24.3 Å². The lowest BCUT2D eigenvalue weighted by Gasteiger charge is -2.23. The molecule has 0 fully saturated rings. The third kappa shape index (κ3) is 3.45. The van der Waals surface area contributed by atoms with Gasteiger partial charge in [0.15, 0.2) is 0 Å². The predicted octanol–water partition coefficient (Wildman–Crippen LogP) is 3.35. The van der Waals surface area contributed by atoms with Crippen molar-refractivity contribution >= 4 is 28.2 Å². The molecule has 2 aromatic carbocycles. The lowest BCUT2D eigenvalue weighted by molar-refractivity contribution is 0.416. The van der Waals surface area contributed by atoms with Crippen molar-refractivity contribution in [3.8, 4) is 5.69 Å². The van der Waals surface area contributed by atoms with E-state index >= 15 is 0 Å². The molecule has 3 aromatic rings. The Labute approximate surface area is 158 Å². The van der Waals surface area contributed by atoms with Gasteiger partial charge in [-0.05, 0) is 45.3 Å². The second-order valence-corrected chi connectivity index (χ2v) is 7.06. The first-order valence-corrected chi connectivity index (χ1v) is 8.91. The summed E-state index contributed by atoms with van der Waals surface area (Å²) in [5, 5.41) is 1.11. The molecule has 0 radical (unpaired) electrons. The normalized spacial score (nSPS) is 11.3. The Morgan fingerprint density at radius 2 is 1.77 bits per heavy atom. The zero-order valence-corrected chi connectivity index (χ0v) is 16.3. The summed E-state index contributed by atoms with van der Waals surface area (Å²) in [5.74, 6) is 0.615. The molecule has 0 saturated carbocycles. The van der Waals surface area contributed by atoms with E-state index in [0.29, 0.717) is 21.9 Å². The van der Waals surface area contributed by atoms with Crippen LogP contribution in [0.5, 0.6) is 0 Å². The lowest BCUT2D eigenvalue weighted by atomic mass is 10.2. The molecule has 136 valence electrons. The van der Waals surface area contributed by atoms with Gasteiger partial charge >= 0.3 is 0 Å². The fourth-order valence-electron chi connectivity index (χ4n) is 3.00. The van der Waals surface area contributed by atoms with E-state index in [-0.39, 0.29) is 5.56 Å². The third-order valence-corrected chi connectivity index (χ3v) is 4.75. The number of nitrogens with zero attached hydrogens (tertiary/aromatic N) is 4. The van der Waals surface area contributed by atoms with Crippen LogP contribution in [0.4, 0.5) is 5.69 Å². The Morgan fingerprint density at radius 1 is 1.04 bits per heavy atom. The van der Waals surface area contributed by atoms with Gasteiger partial charge in [-0.2, -0.15) is 0 Å². The van der Waals surface area contributed by atoms with Crippen molar-refractivity contribution in [1.29, 1.82) is 0 Å². The van der Waals surface area contributed by atoms with E-state index in [1.54, 1.807) is 10.6 Å². The molecule has 0 N–H and O–H groups in total. The molecule has 0 spiro atoms. The van der Waals surface area contributed by atoms with Crippen LogP contribution in [0.15, 0.2) is 47.3 Å². The summed E-state index contributed by atoms with van der Waals surface area (Å²) in [4.78, 5) is 22.2. The van der Waals surface area contributed by atoms with Gasteiger partial charge in [0.05, 0.1) is 21.8 Å². The van der Waals surface area contributed by atoms with Crippen LogP contribution < -0.4 is 10.5 Å². The number of hydrogen-bond acceptors (Lipinski definition) is 4. The maximum Gasteiger partial charge on any atom is 0.266 e. The van der Waals surface area contributed by atoms with Crippen LogP contribution in [0.1, 0.15) is 5.82 Å². The van der Waals surface area contributed by atoms with Crippen molar-refractivity contribution in [2.75, 3.05) is 39.1 Å². The minimum atomic E-state index is -0.108. The van der Waals surface area contributed by atoms with Crippen LogP contribution in [0, 0.1) is 6.92 Å². The second-order valence-electron chi connectivity index (χ2n) is 6.65. The van der Waals surface area contributed by atoms with E-state index < -0.39 is 0 Å². The van der Waals surface area contributed by atoms with Gasteiger partial charge < -0.3 is 9.80 Å². The van der Waals surface area contributed by atoms with Crippen molar-refractivity contribution in [2.24, 2.45) is 0 Å². The van der Waals surface area contributed by atoms with E-state index in [1.165, 1.54) is 0 Å². The topological polar surface area (TPSA) is 41.4 Å². The van der Waals surface area contributed by atoms with Gasteiger partial charge in [-0.3, -0.25) is 9.36 Å². The van der Waals surface area contributed by atoms with Crippen LogP contribution in [0.3, 0.4) is 0 Å². The van der Waals surface area contributed by atoms with Crippen LogP contribution in [0.25, 0.3) is 16.6 Å². The molecular formula is C20H23ClN4O. The first-order valence-electron chi connectivity index (χ1n) is 8.53. The van der Waals surface area contributed by atoms with Crippen molar-refractivity contribution in [2.45, 2.75) is 6.92 Å². The molecule has 0 amide bonds. The number of aryl methyl sites for hydroxylation is 1. The highest BCUT2D eigenvalue weighted by Gasteiger charge is 2.15. The van der Waals surface area contributed by atoms with E-state index in [4.69, 9.17) is 16.6 Å². The fourth-order valence-corrected chi connectivity index (χ4v) is 3.22. The number of benzene rings is 2. The van der Waals surface area contributed by atoms with Gasteiger partial charge in [-0.15, -0.1) is 0 Å². The largest absolute Gasteiger partial charge is 0.372 e. The molecule has 0 bridgehead atoms. The molecule has 0 aliphatic heterocycles. The zero-order valence-electron chi connectivity index (χ0n) is 15.5. The molecule has 0 aliphatic carbocycles. The molecule has 0 aliphatic rings. The minimum Gasteiger partial charge on any atom is -0.372 e. The summed E-state index contributed by atoms with van der Waals surface area (Å²) in [5.41, 5.74) is 2.22. The Kier molecular flexibility index (Phi) is 5.30. The predicted molar refractivity (Wildman–Crippen MR) is 109 cm³/mol. The molecule has 5 nitrogen and oxygen atoms in total. The third-order valence-electron chi connectivity index (χ3n) is 4.43. The van der Waals surface area contributed by atoms with E-state index in [9.17, 15) is 4.79 Å². The van der Waals surface area contributed by atoms with Crippen molar-refractivity contribution in [1.82, 2.24) is 14.5 Å². The standard InChI is InChI=1S/C20H23ClN4O/c1-14-22-19-15(8-7-11-18(19)24(4)13-12-23(2)3)20(26)25(14)17-10-6-5-9-16(17)21/h5-11H,12-13H2,1-4H3. The summed E-state index contributed by atoms with van der Waals surface area (Å²) in [7, 11) is 6.11. The first kappa shape index (κ1) is 18.4. The summed E-state index contributed by atoms with van der Waals surface area (Å²) < 4.78 is 1.58. The van der Waals surface area contributed by atoms with Gasteiger partial charge in [-0.1, -0.05) is 29.8 Å². The average molecular weight is 371 g/mol. The smallest absolute Gasteiger partial charge is 0.266 e. The first-order chi connectivity index (χ1) is 12.4. The molecular weight excluding hydrogens is 348 g/mol.